The van der Waals surface area contributed by atoms with E-state index in [1.165, 1.54) is 12.1 Å². The molecule has 1 aliphatic carbocycles. The second-order valence-electron chi connectivity index (χ2n) is 4.54. The van der Waals surface area contributed by atoms with Gasteiger partial charge in [-0.2, -0.15) is 0 Å². The summed E-state index contributed by atoms with van der Waals surface area (Å²) in [6.07, 6.45) is 1.95. The lowest BCUT2D eigenvalue weighted by Gasteiger charge is -2.16. The smallest absolute Gasteiger partial charge is 0.311 e. The zero-order valence-corrected chi connectivity index (χ0v) is 10.1. The molecule has 0 bridgehead atoms. The van der Waals surface area contributed by atoms with Gasteiger partial charge in [0.2, 0.25) is 5.82 Å². The van der Waals surface area contributed by atoms with E-state index in [0.717, 1.165) is 12.8 Å². The normalized spacial score (nSPS) is 15.8. The Morgan fingerprint density at radius 3 is 2.79 bits per heavy atom. The Labute approximate surface area is 108 Å². The molecule has 1 atom stereocenters. The van der Waals surface area contributed by atoms with Crippen LogP contribution in [-0.2, 0) is 4.79 Å². The fourth-order valence-electron chi connectivity index (χ4n) is 1.91. The lowest BCUT2D eigenvalue weighted by Crippen LogP contribution is -2.26. The van der Waals surface area contributed by atoms with Crippen LogP contribution in [0, 0.1) is 16.0 Å². The summed E-state index contributed by atoms with van der Waals surface area (Å²) >= 11 is 0. The molecule has 0 aliphatic heterocycles. The van der Waals surface area contributed by atoms with Gasteiger partial charge in [-0.15, -0.1) is 0 Å². The summed E-state index contributed by atoms with van der Waals surface area (Å²) in [7, 11) is 0. The molecular formula is C11H14N4O4. The monoisotopic (exact) mass is 266 g/mol. The van der Waals surface area contributed by atoms with E-state index in [2.05, 4.69) is 10.3 Å². The molecule has 8 heteroatoms. The van der Waals surface area contributed by atoms with Gasteiger partial charge in [-0.05, 0) is 24.8 Å². The van der Waals surface area contributed by atoms with E-state index in [4.69, 9.17) is 10.8 Å². The number of aromatic nitrogens is 1. The SMILES string of the molecule is Nc1nc(NC(CC(=O)O)C2CC2)ccc1[N+](=O)[O-]. The van der Waals surface area contributed by atoms with Crippen LogP contribution in [0.3, 0.4) is 0 Å². The number of pyridine rings is 1. The zero-order chi connectivity index (χ0) is 14.0. The maximum Gasteiger partial charge on any atom is 0.311 e. The topological polar surface area (TPSA) is 131 Å². The number of nitrogens with two attached hydrogens (primary N) is 1. The minimum absolute atomic E-state index is 0.0107. The Kier molecular flexibility index (Phi) is 3.50. The van der Waals surface area contributed by atoms with Crippen LogP contribution in [-0.4, -0.2) is 27.0 Å². The maximum atomic E-state index is 10.8. The third kappa shape index (κ3) is 3.30. The molecule has 4 N–H and O–H groups in total. The van der Waals surface area contributed by atoms with Crippen molar-refractivity contribution in [3.63, 3.8) is 0 Å². The van der Waals surface area contributed by atoms with Crippen LogP contribution in [0.5, 0.6) is 0 Å². The van der Waals surface area contributed by atoms with Crippen LogP contribution in [0.25, 0.3) is 0 Å². The number of carbonyl (C=O) groups is 1. The molecule has 2 rings (SSSR count). The summed E-state index contributed by atoms with van der Waals surface area (Å²) in [5, 5.41) is 22.4. The molecule has 1 aromatic heterocycles. The number of nitrogen functional groups attached to an aromatic ring is 1. The quantitative estimate of drug-likeness (QED) is 0.521. The first kappa shape index (κ1) is 13.1. The predicted octanol–water partition coefficient (Wildman–Crippen LogP) is 1.24. The van der Waals surface area contributed by atoms with Gasteiger partial charge >= 0.3 is 11.7 Å². The minimum atomic E-state index is -0.890. The summed E-state index contributed by atoms with van der Waals surface area (Å²) < 4.78 is 0. The maximum absolute atomic E-state index is 10.8. The highest BCUT2D eigenvalue weighted by molar-refractivity contribution is 5.68. The van der Waals surface area contributed by atoms with Crippen molar-refractivity contribution in [1.82, 2.24) is 4.98 Å². The summed E-state index contributed by atoms with van der Waals surface area (Å²) in [6.45, 7) is 0. The highest BCUT2D eigenvalue weighted by Crippen LogP contribution is 2.35. The Balaban J connectivity index is 2.11. The van der Waals surface area contributed by atoms with Crippen LogP contribution >= 0.6 is 0 Å². The van der Waals surface area contributed by atoms with E-state index in [9.17, 15) is 14.9 Å². The predicted molar refractivity (Wildman–Crippen MR) is 67.7 cm³/mol. The van der Waals surface area contributed by atoms with Crippen molar-refractivity contribution in [3.05, 3.63) is 22.2 Å². The molecule has 0 amide bonds. The molecule has 0 saturated heterocycles. The van der Waals surface area contributed by atoms with E-state index in [1.807, 2.05) is 0 Å². The van der Waals surface area contributed by atoms with E-state index in [1.54, 1.807) is 0 Å². The second kappa shape index (κ2) is 5.09. The van der Waals surface area contributed by atoms with Crippen molar-refractivity contribution in [2.45, 2.75) is 25.3 Å². The first-order chi connectivity index (χ1) is 8.97. The van der Waals surface area contributed by atoms with Crippen molar-refractivity contribution >= 4 is 23.3 Å². The number of nitrogens with zero attached hydrogens (tertiary/aromatic N) is 2. The number of anilines is 2. The van der Waals surface area contributed by atoms with Crippen LogP contribution in [0.2, 0.25) is 0 Å². The van der Waals surface area contributed by atoms with Gasteiger partial charge < -0.3 is 16.2 Å². The molecule has 1 aliphatic rings. The van der Waals surface area contributed by atoms with Gasteiger partial charge in [0.15, 0.2) is 0 Å². The molecule has 0 aromatic carbocycles. The molecule has 1 aromatic rings. The fraction of sp³-hybridized carbons (Fsp3) is 0.455. The Hall–Kier alpha value is -2.38. The van der Waals surface area contributed by atoms with Crippen LogP contribution in [0.4, 0.5) is 17.3 Å². The van der Waals surface area contributed by atoms with Gasteiger partial charge in [0.25, 0.3) is 0 Å². The molecule has 1 unspecified atom stereocenters. The van der Waals surface area contributed by atoms with Crippen molar-refractivity contribution in [3.8, 4) is 0 Å². The number of hydrogen-bond donors (Lipinski definition) is 3. The van der Waals surface area contributed by atoms with E-state index < -0.39 is 10.9 Å². The third-order valence-corrected chi connectivity index (χ3v) is 3.02. The number of nitro groups is 1. The first-order valence-corrected chi connectivity index (χ1v) is 5.86. The van der Waals surface area contributed by atoms with E-state index >= 15 is 0 Å². The Bertz CT molecular complexity index is 515. The lowest BCUT2D eigenvalue weighted by atomic mass is 10.1. The molecule has 8 nitrogen and oxygen atoms in total. The highest BCUT2D eigenvalue weighted by atomic mass is 16.6. The van der Waals surface area contributed by atoms with Gasteiger partial charge in [0.1, 0.15) is 5.82 Å². The second-order valence-corrected chi connectivity index (χ2v) is 4.54. The number of hydrogen-bond acceptors (Lipinski definition) is 6. The van der Waals surface area contributed by atoms with Gasteiger partial charge in [-0.25, -0.2) is 4.98 Å². The summed E-state index contributed by atoms with van der Waals surface area (Å²) in [6, 6.07) is 2.48. The molecule has 0 radical (unpaired) electrons. The number of carboxylic acids is 1. The van der Waals surface area contributed by atoms with Crippen molar-refractivity contribution < 1.29 is 14.8 Å². The van der Waals surface area contributed by atoms with E-state index in [-0.39, 0.29) is 24.0 Å². The first-order valence-electron chi connectivity index (χ1n) is 5.86. The van der Waals surface area contributed by atoms with Gasteiger partial charge in [-0.3, -0.25) is 14.9 Å². The van der Waals surface area contributed by atoms with Gasteiger partial charge in [0.05, 0.1) is 11.3 Å². The highest BCUT2D eigenvalue weighted by Gasteiger charge is 2.33. The van der Waals surface area contributed by atoms with E-state index in [0.29, 0.717) is 11.7 Å². The molecule has 0 spiro atoms. The molecule has 1 heterocycles. The summed E-state index contributed by atoms with van der Waals surface area (Å²) in [5.41, 5.74) is 5.22. The molecule has 19 heavy (non-hydrogen) atoms. The van der Waals surface area contributed by atoms with Crippen molar-refractivity contribution in [2.75, 3.05) is 11.1 Å². The zero-order valence-electron chi connectivity index (χ0n) is 10.1. The van der Waals surface area contributed by atoms with Crippen LogP contribution < -0.4 is 11.1 Å². The fourth-order valence-corrected chi connectivity index (χ4v) is 1.91. The number of rotatable bonds is 6. The van der Waals surface area contributed by atoms with Crippen LogP contribution in [0.1, 0.15) is 19.3 Å². The minimum Gasteiger partial charge on any atom is -0.481 e. The van der Waals surface area contributed by atoms with Crippen LogP contribution in [0.15, 0.2) is 12.1 Å². The average Bonchev–Trinajstić information content (AvgIpc) is 3.10. The average molecular weight is 266 g/mol. The standard InChI is InChI=1S/C11H14N4O4/c12-11-8(15(18)19)3-4-9(14-11)13-7(5-10(16)17)6-1-2-6/h3-4,6-7H,1-2,5H2,(H,16,17)(H3,12,13,14). The number of nitrogens with one attached hydrogen (secondary N) is 1. The molecular weight excluding hydrogens is 252 g/mol. The lowest BCUT2D eigenvalue weighted by molar-refractivity contribution is -0.384. The Morgan fingerprint density at radius 2 is 2.32 bits per heavy atom. The third-order valence-electron chi connectivity index (χ3n) is 3.02. The molecule has 102 valence electrons. The van der Waals surface area contributed by atoms with Crippen molar-refractivity contribution in [1.29, 1.82) is 0 Å². The Morgan fingerprint density at radius 1 is 1.63 bits per heavy atom. The number of aliphatic carboxylic acids is 1. The molecule has 1 fully saturated rings. The number of carboxylic acid groups (broad SMARTS) is 1. The summed E-state index contributed by atoms with van der Waals surface area (Å²) in [5.74, 6) is -0.394. The van der Waals surface area contributed by atoms with Crippen molar-refractivity contribution in [2.24, 2.45) is 5.92 Å². The van der Waals surface area contributed by atoms with Gasteiger partial charge in [0, 0.05) is 12.1 Å². The molecule has 1 saturated carbocycles. The summed E-state index contributed by atoms with van der Waals surface area (Å²) in [4.78, 5) is 24.6. The largest absolute Gasteiger partial charge is 0.481 e. The van der Waals surface area contributed by atoms with Gasteiger partial charge in [-0.1, -0.05) is 0 Å².